The zero-order valence-corrected chi connectivity index (χ0v) is 23.3. The Hall–Kier alpha value is -3.46. The SMILES string of the molecule is CC(=O)OCc1cnc(C)c2c1CNP(=O)(OC[C@H]1O[C@@](C#N)(c3cnc4c(N)nc(N)nn34)[C@@](F)(Br)C1O)O2. The van der Waals surface area contributed by atoms with Gasteiger partial charge >= 0.3 is 13.7 Å². The number of rotatable bonds is 6. The number of halogens is 2. The summed E-state index contributed by atoms with van der Waals surface area (Å²) in [5, 5.41) is 27.5. The summed E-state index contributed by atoms with van der Waals surface area (Å²) in [6, 6.07) is 1.73. The molecule has 2 unspecified atom stereocenters. The molecule has 0 bridgehead atoms. The highest BCUT2D eigenvalue weighted by molar-refractivity contribution is 9.10. The lowest BCUT2D eigenvalue weighted by molar-refractivity contribution is -0.142. The van der Waals surface area contributed by atoms with Crippen molar-refractivity contribution in [3.05, 3.63) is 34.9 Å². The Morgan fingerprint density at radius 3 is 2.90 bits per heavy atom. The summed E-state index contributed by atoms with van der Waals surface area (Å²) in [6.07, 6.45) is -0.940. The van der Waals surface area contributed by atoms with E-state index in [1.807, 2.05) is 0 Å². The summed E-state index contributed by atoms with van der Waals surface area (Å²) < 4.78 is 49.5. The molecule has 6 N–H and O–H groups in total. The molecule has 3 aromatic heterocycles. The molecule has 0 spiro atoms. The Bertz CT molecular complexity index is 1620. The fourth-order valence-corrected chi connectivity index (χ4v) is 6.42. The minimum absolute atomic E-state index is 0.00135. The third kappa shape index (κ3) is 4.44. The number of ether oxygens (including phenoxy) is 2. The summed E-state index contributed by atoms with van der Waals surface area (Å²) in [5.41, 5.74) is 10.1. The zero-order valence-electron chi connectivity index (χ0n) is 20.9. The van der Waals surface area contributed by atoms with Gasteiger partial charge in [-0.05, 0) is 22.9 Å². The number of hydrogen-bond acceptors (Lipinski definition) is 14. The van der Waals surface area contributed by atoms with Crippen LogP contribution in [0.25, 0.3) is 5.65 Å². The molecule has 0 radical (unpaired) electrons. The molecule has 16 nitrogen and oxygen atoms in total. The summed E-state index contributed by atoms with van der Waals surface area (Å²) in [5.74, 6) is -0.749. The second-order valence-corrected chi connectivity index (χ2v) is 11.8. The Morgan fingerprint density at radius 1 is 1.45 bits per heavy atom. The van der Waals surface area contributed by atoms with E-state index < -0.39 is 42.7 Å². The quantitative estimate of drug-likeness (QED) is 0.166. The van der Waals surface area contributed by atoms with Crippen LogP contribution < -0.4 is 21.1 Å². The molecule has 1 fully saturated rings. The van der Waals surface area contributed by atoms with Gasteiger partial charge in [0.15, 0.2) is 17.2 Å². The molecule has 0 aromatic carbocycles. The summed E-state index contributed by atoms with van der Waals surface area (Å²) in [6.45, 7) is 2.14. The molecule has 40 heavy (non-hydrogen) atoms. The Kier molecular flexibility index (Phi) is 6.93. The predicted octanol–water partition coefficient (Wildman–Crippen LogP) is 0.901. The number of imidazole rings is 1. The summed E-state index contributed by atoms with van der Waals surface area (Å²) >= 11 is 2.79. The Morgan fingerprint density at radius 2 is 2.20 bits per heavy atom. The Balaban J connectivity index is 1.39. The van der Waals surface area contributed by atoms with Gasteiger partial charge in [-0.3, -0.25) is 14.3 Å². The van der Waals surface area contributed by atoms with E-state index in [9.17, 15) is 19.7 Å². The predicted molar refractivity (Wildman–Crippen MR) is 136 cm³/mol. The van der Waals surface area contributed by atoms with Crippen molar-refractivity contribution in [1.29, 1.82) is 5.26 Å². The Labute approximate surface area is 233 Å². The van der Waals surface area contributed by atoms with E-state index in [1.54, 1.807) is 13.0 Å². The van der Waals surface area contributed by atoms with Crippen LogP contribution in [0.3, 0.4) is 0 Å². The van der Waals surface area contributed by atoms with Gasteiger partial charge in [0.25, 0.3) is 0 Å². The number of aromatic nitrogens is 5. The van der Waals surface area contributed by atoms with Gasteiger partial charge in [-0.25, -0.2) is 23.5 Å². The van der Waals surface area contributed by atoms with Crippen molar-refractivity contribution >= 4 is 47.1 Å². The van der Waals surface area contributed by atoms with Crippen molar-refractivity contribution in [3.8, 4) is 11.8 Å². The van der Waals surface area contributed by atoms with Crippen LogP contribution >= 0.6 is 23.7 Å². The number of anilines is 2. The second-order valence-electron chi connectivity index (χ2n) is 8.93. The first kappa shape index (κ1) is 28.1. The molecule has 19 heteroatoms. The topological polar surface area (TPSA) is 235 Å². The minimum atomic E-state index is -4.09. The smallest absolute Gasteiger partial charge is 0.459 e. The fourth-order valence-electron chi connectivity index (χ4n) is 4.35. The van der Waals surface area contributed by atoms with Crippen molar-refractivity contribution in [1.82, 2.24) is 29.7 Å². The van der Waals surface area contributed by atoms with Gasteiger partial charge in [-0.1, -0.05) is 0 Å². The lowest BCUT2D eigenvalue weighted by atomic mass is 9.94. The van der Waals surface area contributed by atoms with Crippen molar-refractivity contribution in [3.63, 3.8) is 0 Å². The molecule has 2 aliphatic heterocycles. The number of fused-ring (bicyclic) bond motifs is 2. The average molecular weight is 642 g/mol. The third-order valence-corrected chi connectivity index (χ3v) is 8.83. The van der Waals surface area contributed by atoms with E-state index in [-0.39, 0.29) is 42.0 Å². The zero-order chi connectivity index (χ0) is 29.0. The molecule has 0 aliphatic carbocycles. The maximum atomic E-state index is 16.1. The maximum Gasteiger partial charge on any atom is 0.459 e. The fraction of sp³-hybridized carbons (Fsp3) is 0.429. The van der Waals surface area contributed by atoms with Crippen LogP contribution in [0.5, 0.6) is 5.75 Å². The van der Waals surface area contributed by atoms with Crippen molar-refractivity contribution in [2.75, 3.05) is 18.1 Å². The number of carbonyl (C=O) groups excluding carboxylic acids is 1. The molecule has 5 atom stereocenters. The van der Waals surface area contributed by atoms with Crippen molar-refractivity contribution < 1.29 is 37.4 Å². The molecule has 0 amide bonds. The molecule has 5 rings (SSSR count). The lowest BCUT2D eigenvalue weighted by Crippen LogP contribution is -2.46. The van der Waals surface area contributed by atoms with E-state index >= 15 is 4.39 Å². The molecule has 0 saturated carbocycles. The minimum Gasteiger partial charge on any atom is -0.461 e. The van der Waals surface area contributed by atoms with E-state index in [4.69, 9.17) is 30.0 Å². The van der Waals surface area contributed by atoms with Crippen LogP contribution in [0.1, 0.15) is 29.4 Å². The number of nitrogens with one attached hydrogen (secondary N) is 1. The van der Waals surface area contributed by atoms with Gasteiger partial charge in [0.1, 0.15) is 30.6 Å². The molecule has 2 aliphatic rings. The van der Waals surface area contributed by atoms with Gasteiger partial charge in [0.05, 0.1) is 18.5 Å². The lowest BCUT2D eigenvalue weighted by Gasteiger charge is -2.29. The standard InChI is InChI=1S/C21H22BrFN9O7P/c1-9-15-12(11(3-27-9)6-36-10(2)33)4-29-40(35,39-15)37-7-13-16(34)21(22,23)20(8-24,38-13)14-5-28-18-17(25)30-19(26)31-32(14)18/h3,5,13,16,34H,4,6-7H2,1-2H3,(H,29,35)(H4,25,26,30,31)/t13-,16?,20+,21-,40?/m1/s1. The number of carbonyl (C=O) groups is 1. The van der Waals surface area contributed by atoms with Gasteiger partial charge in [-0.15, -0.1) is 5.10 Å². The number of nitrogens with zero attached hydrogens (tertiary/aromatic N) is 6. The highest BCUT2D eigenvalue weighted by atomic mass is 79.9. The first-order chi connectivity index (χ1) is 18.8. The number of nitriles is 1. The number of pyridine rings is 1. The summed E-state index contributed by atoms with van der Waals surface area (Å²) in [7, 11) is -4.09. The van der Waals surface area contributed by atoms with Crippen molar-refractivity contribution in [2.45, 2.75) is 49.4 Å². The van der Waals surface area contributed by atoms with Gasteiger partial charge in [0.2, 0.25) is 16.1 Å². The number of nitrogens with two attached hydrogens (primary N) is 2. The highest BCUT2D eigenvalue weighted by Crippen LogP contribution is 2.55. The molecular formula is C21H22BrFN9O7P. The number of aliphatic hydroxyl groups is 1. The highest BCUT2D eigenvalue weighted by Gasteiger charge is 2.69. The molecule has 212 valence electrons. The van der Waals surface area contributed by atoms with Gasteiger partial charge in [-0.2, -0.15) is 10.2 Å². The first-order valence-corrected chi connectivity index (χ1v) is 13.9. The number of aliphatic hydroxyl groups excluding tert-OH is 1. The third-order valence-electron chi connectivity index (χ3n) is 6.35. The first-order valence-electron chi connectivity index (χ1n) is 11.5. The van der Waals surface area contributed by atoms with Crippen molar-refractivity contribution in [2.24, 2.45) is 0 Å². The van der Waals surface area contributed by atoms with Crippen LogP contribution in [0.2, 0.25) is 0 Å². The van der Waals surface area contributed by atoms with Gasteiger partial charge < -0.3 is 30.6 Å². The molecule has 5 heterocycles. The van der Waals surface area contributed by atoms with Crippen LogP contribution in [-0.4, -0.2) is 59.0 Å². The van der Waals surface area contributed by atoms with E-state index in [0.29, 0.717) is 16.8 Å². The second kappa shape index (κ2) is 9.87. The number of aryl methyl sites for hydroxylation is 1. The maximum absolute atomic E-state index is 16.1. The average Bonchev–Trinajstić information content (AvgIpc) is 3.40. The molecular weight excluding hydrogens is 620 g/mol. The number of hydrogen-bond donors (Lipinski definition) is 4. The van der Waals surface area contributed by atoms with E-state index in [1.165, 1.54) is 13.1 Å². The number of nitrogen functional groups attached to an aromatic ring is 2. The number of esters is 1. The number of alkyl halides is 2. The van der Waals surface area contributed by atoms with Gasteiger partial charge in [0, 0.05) is 30.8 Å². The largest absolute Gasteiger partial charge is 0.461 e. The monoisotopic (exact) mass is 641 g/mol. The van der Waals surface area contributed by atoms with Crippen LogP contribution in [0.15, 0.2) is 12.4 Å². The molecule has 1 saturated heterocycles. The normalized spacial score (nSPS) is 29.5. The van der Waals surface area contributed by atoms with E-state index in [2.05, 4.69) is 41.1 Å². The van der Waals surface area contributed by atoms with Crippen LogP contribution in [0, 0.1) is 18.3 Å². The van der Waals surface area contributed by atoms with E-state index in [0.717, 1.165) is 10.7 Å². The molecule has 3 aromatic rings. The van der Waals surface area contributed by atoms with Crippen LogP contribution in [0.4, 0.5) is 16.2 Å². The summed E-state index contributed by atoms with van der Waals surface area (Å²) in [4.78, 5) is 23.2. The van der Waals surface area contributed by atoms with Crippen LogP contribution in [-0.2, 0) is 42.1 Å².